The zero-order valence-electron chi connectivity index (χ0n) is 14.3. The van der Waals surface area contributed by atoms with Gasteiger partial charge in [0.1, 0.15) is 0 Å². The van der Waals surface area contributed by atoms with E-state index in [2.05, 4.69) is 30.7 Å². The molecule has 0 aliphatic rings. The van der Waals surface area contributed by atoms with Crippen molar-refractivity contribution in [1.29, 1.82) is 0 Å². The number of carbonyl (C=O) groups is 1. The number of benzene rings is 1. The number of aromatic nitrogens is 2. The van der Waals surface area contributed by atoms with E-state index in [-0.39, 0.29) is 16.7 Å². The predicted octanol–water partition coefficient (Wildman–Crippen LogP) is 2.84. The van der Waals surface area contributed by atoms with Gasteiger partial charge in [0.05, 0.1) is 16.2 Å². The van der Waals surface area contributed by atoms with E-state index < -0.39 is 0 Å². The van der Waals surface area contributed by atoms with Crippen LogP contribution in [-0.4, -0.2) is 27.3 Å². The first kappa shape index (κ1) is 18.3. The van der Waals surface area contributed by atoms with E-state index in [1.54, 1.807) is 16.7 Å². The number of rotatable bonds is 7. The molecule has 0 spiro atoms. The third-order valence-corrected chi connectivity index (χ3v) is 4.54. The van der Waals surface area contributed by atoms with Crippen LogP contribution in [0.2, 0.25) is 0 Å². The minimum absolute atomic E-state index is 0.0597. The van der Waals surface area contributed by atoms with Gasteiger partial charge in [-0.2, -0.15) is 0 Å². The Morgan fingerprint density at radius 1 is 1.38 bits per heavy atom. The number of fused-ring (bicyclic) bond motifs is 1. The Morgan fingerprint density at radius 2 is 2.08 bits per heavy atom. The van der Waals surface area contributed by atoms with Gasteiger partial charge in [0, 0.05) is 13.1 Å². The maximum Gasteiger partial charge on any atom is 0.262 e. The van der Waals surface area contributed by atoms with Gasteiger partial charge in [-0.25, -0.2) is 4.98 Å². The molecule has 1 atom stereocenters. The molecule has 0 aliphatic heterocycles. The molecule has 2 aromatic rings. The van der Waals surface area contributed by atoms with Gasteiger partial charge in [0.15, 0.2) is 5.16 Å². The summed E-state index contributed by atoms with van der Waals surface area (Å²) in [4.78, 5) is 29.5. The Bertz CT molecular complexity index is 798. The number of para-hydroxylation sites is 1. The second-order valence-electron chi connectivity index (χ2n) is 6.02. The predicted molar refractivity (Wildman–Crippen MR) is 99.4 cm³/mol. The van der Waals surface area contributed by atoms with Crippen molar-refractivity contribution in [2.75, 3.05) is 6.54 Å². The number of nitrogens with one attached hydrogen (secondary N) is 1. The number of hydrogen-bond donors (Lipinski definition) is 1. The summed E-state index contributed by atoms with van der Waals surface area (Å²) in [6.07, 6.45) is 1.64. The molecule has 0 unspecified atom stereocenters. The second kappa shape index (κ2) is 8.15. The van der Waals surface area contributed by atoms with Crippen LogP contribution in [0.25, 0.3) is 10.9 Å². The number of hydrogen-bond acceptors (Lipinski definition) is 4. The monoisotopic (exact) mass is 345 g/mol. The summed E-state index contributed by atoms with van der Waals surface area (Å²) in [7, 11) is 0. The lowest BCUT2D eigenvalue weighted by atomic mass is 10.2. The standard InChI is InChI=1S/C18H23N3O2S/c1-5-10-19-16(22)13(4)24-18-20-15-9-7-6-8-14(15)17(23)21(18)11-12(2)3/h5-9,12-13H,1,10-11H2,2-4H3,(H,19,22)/t13-/m0/s1. The first-order valence-corrected chi connectivity index (χ1v) is 8.86. The Morgan fingerprint density at radius 3 is 2.75 bits per heavy atom. The third-order valence-electron chi connectivity index (χ3n) is 3.45. The van der Waals surface area contributed by atoms with E-state index in [0.717, 1.165) is 0 Å². The van der Waals surface area contributed by atoms with Crippen LogP contribution in [0.4, 0.5) is 0 Å². The Balaban J connectivity index is 2.41. The molecule has 1 amide bonds. The number of amides is 1. The van der Waals surface area contributed by atoms with Crippen LogP contribution in [0, 0.1) is 5.92 Å². The minimum Gasteiger partial charge on any atom is -0.352 e. The highest BCUT2D eigenvalue weighted by atomic mass is 32.2. The fraction of sp³-hybridized carbons (Fsp3) is 0.389. The van der Waals surface area contributed by atoms with Crippen LogP contribution in [0.1, 0.15) is 20.8 Å². The van der Waals surface area contributed by atoms with Crippen LogP contribution >= 0.6 is 11.8 Å². The summed E-state index contributed by atoms with van der Waals surface area (Å²) in [5.74, 6) is 0.202. The molecule has 1 aromatic heterocycles. The van der Waals surface area contributed by atoms with E-state index in [9.17, 15) is 9.59 Å². The molecule has 0 aliphatic carbocycles. The van der Waals surface area contributed by atoms with Gasteiger partial charge in [0.2, 0.25) is 5.91 Å². The zero-order valence-corrected chi connectivity index (χ0v) is 15.1. The highest BCUT2D eigenvalue weighted by molar-refractivity contribution is 8.00. The molecule has 2 rings (SSSR count). The first-order valence-electron chi connectivity index (χ1n) is 7.99. The van der Waals surface area contributed by atoms with Crippen molar-refractivity contribution in [3.05, 3.63) is 47.3 Å². The van der Waals surface area contributed by atoms with E-state index >= 15 is 0 Å². The van der Waals surface area contributed by atoms with Crippen molar-refractivity contribution < 1.29 is 4.79 Å². The van der Waals surface area contributed by atoms with Crippen LogP contribution in [-0.2, 0) is 11.3 Å². The van der Waals surface area contributed by atoms with Crippen molar-refractivity contribution in [1.82, 2.24) is 14.9 Å². The average molecular weight is 345 g/mol. The van der Waals surface area contributed by atoms with E-state index in [4.69, 9.17) is 0 Å². The van der Waals surface area contributed by atoms with Crippen LogP contribution in [0.5, 0.6) is 0 Å². The van der Waals surface area contributed by atoms with Crippen LogP contribution in [0.3, 0.4) is 0 Å². The first-order chi connectivity index (χ1) is 11.4. The summed E-state index contributed by atoms with van der Waals surface area (Å²) in [5, 5.41) is 3.60. The number of carbonyl (C=O) groups excluding carboxylic acids is 1. The lowest BCUT2D eigenvalue weighted by Crippen LogP contribution is -2.32. The molecule has 1 aromatic carbocycles. The molecule has 128 valence electrons. The maximum absolute atomic E-state index is 12.8. The molecule has 1 N–H and O–H groups in total. The molecular weight excluding hydrogens is 322 g/mol. The highest BCUT2D eigenvalue weighted by Gasteiger charge is 2.19. The van der Waals surface area contributed by atoms with Crippen molar-refractivity contribution in [3.8, 4) is 0 Å². The SMILES string of the molecule is C=CCNC(=O)[C@H](C)Sc1nc2ccccc2c(=O)n1CC(C)C. The lowest BCUT2D eigenvalue weighted by Gasteiger charge is -2.17. The summed E-state index contributed by atoms with van der Waals surface area (Å²) in [6, 6.07) is 7.30. The third kappa shape index (κ3) is 4.26. The van der Waals surface area contributed by atoms with Gasteiger partial charge >= 0.3 is 0 Å². The van der Waals surface area contributed by atoms with Gasteiger partial charge < -0.3 is 5.32 Å². The van der Waals surface area contributed by atoms with Crippen LogP contribution < -0.4 is 10.9 Å². The van der Waals surface area contributed by atoms with E-state index in [0.29, 0.717) is 35.1 Å². The van der Waals surface area contributed by atoms with Crippen molar-refractivity contribution in [3.63, 3.8) is 0 Å². The summed E-state index contributed by atoms with van der Waals surface area (Å²) >= 11 is 1.31. The molecule has 0 saturated carbocycles. The summed E-state index contributed by atoms with van der Waals surface area (Å²) < 4.78 is 1.68. The summed E-state index contributed by atoms with van der Waals surface area (Å²) in [5.41, 5.74) is 0.596. The zero-order chi connectivity index (χ0) is 17.7. The quantitative estimate of drug-likeness (QED) is 0.476. The van der Waals surface area contributed by atoms with Gasteiger partial charge in [-0.05, 0) is 25.0 Å². The molecule has 5 nitrogen and oxygen atoms in total. The average Bonchev–Trinajstić information content (AvgIpc) is 2.55. The number of thioether (sulfide) groups is 1. The molecule has 24 heavy (non-hydrogen) atoms. The van der Waals surface area contributed by atoms with Crippen molar-refractivity contribution in [2.24, 2.45) is 5.92 Å². The molecular formula is C18H23N3O2S. The topological polar surface area (TPSA) is 64.0 Å². The Kier molecular flexibility index (Phi) is 6.20. The summed E-state index contributed by atoms with van der Waals surface area (Å²) in [6.45, 7) is 10.5. The Hall–Kier alpha value is -2.08. The normalized spacial score (nSPS) is 12.3. The van der Waals surface area contributed by atoms with E-state index in [1.807, 2.05) is 25.1 Å². The molecule has 0 fully saturated rings. The molecule has 0 bridgehead atoms. The molecule has 6 heteroatoms. The fourth-order valence-corrected chi connectivity index (χ4v) is 3.23. The molecule has 0 saturated heterocycles. The van der Waals surface area contributed by atoms with Gasteiger partial charge in [-0.15, -0.1) is 6.58 Å². The largest absolute Gasteiger partial charge is 0.352 e. The van der Waals surface area contributed by atoms with Crippen LogP contribution in [0.15, 0.2) is 46.9 Å². The number of nitrogens with zero attached hydrogens (tertiary/aromatic N) is 2. The van der Waals surface area contributed by atoms with Gasteiger partial charge in [-0.3, -0.25) is 14.2 Å². The highest BCUT2D eigenvalue weighted by Crippen LogP contribution is 2.23. The van der Waals surface area contributed by atoms with Gasteiger partial charge in [-0.1, -0.05) is 43.8 Å². The maximum atomic E-state index is 12.8. The van der Waals surface area contributed by atoms with Crippen molar-refractivity contribution in [2.45, 2.75) is 37.7 Å². The molecule has 0 radical (unpaired) electrons. The Labute approximate surface area is 146 Å². The van der Waals surface area contributed by atoms with E-state index in [1.165, 1.54) is 11.8 Å². The molecule has 1 heterocycles. The van der Waals surface area contributed by atoms with Gasteiger partial charge in [0.25, 0.3) is 5.56 Å². The second-order valence-corrected chi connectivity index (χ2v) is 7.32. The minimum atomic E-state index is -0.351. The lowest BCUT2D eigenvalue weighted by molar-refractivity contribution is -0.120. The van der Waals surface area contributed by atoms with Crippen molar-refractivity contribution >= 4 is 28.6 Å². The smallest absolute Gasteiger partial charge is 0.262 e. The fourth-order valence-electron chi connectivity index (χ4n) is 2.29.